The minimum Gasteiger partial charge on any atom is -0.327 e. The molecule has 1 aromatic heterocycles. The number of nitrogens with two attached hydrogens (primary N) is 1. The van der Waals surface area contributed by atoms with Gasteiger partial charge in [-0.15, -0.1) is 0 Å². The van der Waals surface area contributed by atoms with E-state index in [-0.39, 0.29) is 17.9 Å². The number of anilines is 1. The van der Waals surface area contributed by atoms with E-state index in [1.165, 1.54) is 6.42 Å². The molecule has 1 heterocycles. The number of rotatable bonds is 2. The number of hydrogen-bond acceptors (Lipinski definition) is 3. The molecule has 2 atom stereocenters. The van der Waals surface area contributed by atoms with Crippen LogP contribution in [0.25, 0.3) is 0 Å². The Kier molecular flexibility index (Phi) is 4.31. The van der Waals surface area contributed by atoms with Crippen molar-refractivity contribution in [3.8, 4) is 0 Å². The summed E-state index contributed by atoms with van der Waals surface area (Å²) in [4.78, 5) is 16.4. The van der Waals surface area contributed by atoms with Gasteiger partial charge in [0.05, 0.1) is 5.92 Å². The van der Waals surface area contributed by atoms with Crippen LogP contribution in [-0.4, -0.2) is 16.9 Å². The fourth-order valence-corrected chi connectivity index (χ4v) is 2.49. The molecule has 0 spiro atoms. The number of nitrogens with one attached hydrogen (secondary N) is 1. The van der Waals surface area contributed by atoms with Crippen molar-refractivity contribution in [2.75, 3.05) is 5.32 Å². The molecule has 1 aliphatic carbocycles. The van der Waals surface area contributed by atoms with Crippen molar-refractivity contribution in [1.29, 1.82) is 0 Å². The first-order chi connectivity index (χ1) is 8.68. The summed E-state index contributed by atoms with van der Waals surface area (Å²) in [5, 5.41) is 2.91. The Morgan fingerprint density at radius 3 is 2.94 bits per heavy atom. The molecule has 4 heteroatoms. The van der Waals surface area contributed by atoms with E-state index in [1.54, 1.807) is 6.20 Å². The lowest BCUT2D eigenvalue weighted by atomic mass is 9.94. The molecule has 3 N–H and O–H groups in total. The number of pyridine rings is 1. The third kappa shape index (κ3) is 3.07. The van der Waals surface area contributed by atoms with Gasteiger partial charge in [-0.05, 0) is 31.4 Å². The topological polar surface area (TPSA) is 68.0 Å². The average molecular weight is 247 g/mol. The Hall–Kier alpha value is -1.42. The Labute approximate surface area is 108 Å². The summed E-state index contributed by atoms with van der Waals surface area (Å²) in [6, 6.07) is 3.79. The SMILES string of the molecule is Cc1cccnc1NC(=O)C1CCCCCC1N. The van der Waals surface area contributed by atoms with Crippen molar-refractivity contribution in [3.63, 3.8) is 0 Å². The second-order valence-electron chi connectivity index (χ2n) is 5.07. The summed E-state index contributed by atoms with van der Waals surface area (Å²) in [6.45, 7) is 1.94. The second kappa shape index (κ2) is 5.96. The summed E-state index contributed by atoms with van der Waals surface area (Å²) in [6.07, 6.45) is 6.93. The Morgan fingerprint density at radius 1 is 1.39 bits per heavy atom. The fourth-order valence-electron chi connectivity index (χ4n) is 2.49. The van der Waals surface area contributed by atoms with Crippen molar-refractivity contribution in [2.24, 2.45) is 11.7 Å². The van der Waals surface area contributed by atoms with Gasteiger partial charge in [-0.1, -0.05) is 25.3 Å². The zero-order valence-electron chi connectivity index (χ0n) is 10.9. The summed E-state index contributed by atoms with van der Waals surface area (Å²) in [7, 11) is 0. The molecule has 4 nitrogen and oxygen atoms in total. The zero-order chi connectivity index (χ0) is 13.0. The number of carbonyl (C=O) groups excluding carboxylic acids is 1. The Morgan fingerprint density at radius 2 is 2.17 bits per heavy atom. The maximum absolute atomic E-state index is 12.3. The largest absolute Gasteiger partial charge is 0.327 e. The zero-order valence-corrected chi connectivity index (χ0v) is 10.9. The first kappa shape index (κ1) is 13.0. The molecule has 18 heavy (non-hydrogen) atoms. The number of carbonyl (C=O) groups is 1. The molecule has 1 aromatic rings. The maximum Gasteiger partial charge on any atom is 0.230 e. The predicted octanol–water partition coefficient (Wildman–Crippen LogP) is 2.24. The molecule has 1 fully saturated rings. The van der Waals surface area contributed by atoms with Gasteiger partial charge >= 0.3 is 0 Å². The molecule has 2 unspecified atom stereocenters. The molecular formula is C14H21N3O. The standard InChI is InChI=1S/C14H21N3O/c1-10-6-5-9-16-13(10)17-14(18)11-7-3-2-4-8-12(11)15/h5-6,9,11-12H,2-4,7-8,15H2,1H3,(H,16,17,18). The van der Waals surface area contributed by atoms with Crippen LogP contribution in [0.3, 0.4) is 0 Å². The maximum atomic E-state index is 12.3. The smallest absolute Gasteiger partial charge is 0.230 e. The van der Waals surface area contributed by atoms with E-state index in [2.05, 4.69) is 10.3 Å². The highest BCUT2D eigenvalue weighted by molar-refractivity contribution is 5.92. The molecule has 2 rings (SSSR count). The first-order valence-corrected chi connectivity index (χ1v) is 6.66. The number of amides is 1. The molecular weight excluding hydrogens is 226 g/mol. The Bertz CT molecular complexity index is 419. The number of hydrogen-bond donors (Lipinski definition) is 2. The van der Waals surface area contributed by atoms with Crippen LogP contribution in [-0.2, 0) is 4.79 Å². The Balaban J connectivity index is 2.04. The minimum atomic E-state index is -0.0751. The molecule has 0 radical (unpaired) electrons. The van der Waals surface area contributed by atoms with Crippen LogP contribution in [0.1, 0.15) is 37.7 Å². The van der Waals surface area contributed by atoms with Gasteiger partial charge in [-0.3, -0.25) is 4.79 Å². The van der Waals surface area contributed by atoms with Gasteiger partial charge in [-0.25, -0.2) is 4.98 Å². The third-order valence-corrected chi connectivity index (χ3v) is 3.66. The van der Waals surface area contributed by atoms with E-state index in [0.29, 0.717) is 5.82 Å². The van der Waals surface area contributed by atoms with E-state index >= 15 is 0 Å². The van der Waals surface area contributed by atoms with Gasteiger partial charge in [0.1, 0.15) is 5.82 Å². The van der Waals surface area contributed by atoms with Gasteiger partial charge < -0.3 is 11.1 Å². The summed E-state index contributed by atoms with van der Waals surface area (Å²) in [5.41, 5.74) is 7.07. The molecule has 0 bridgehead atoms. The summed E-state index contributed by atoms with van der Waals surface area (Å²) < 4.78 is 0. The molecule has 0 aromatic carbocycles. The average Bonchev–Trinajstić information content (AvgIpc) is 2.57. The van der Waals surface area contributed by atoms with E-state index < -0.39 is 0 Å². The molecule has 0 saturated heterocycles. The lowest BCUT2D eigenvalue weighted by Gasteiger charge is -2.20. The van der Waals surface area contributed by atoms with Gasteiger partial charge in [0.25, 0.3) is 0 Å². The van der Waals surface area contributed by atoms with Crippen LogP contribution in [0, 0.1) is 12.8 Å². The lowest BCUT2D eigenvalue weighted by molar-refractivity contribution is -0.120. The van der Waals surface area contributed by atoms with Crippen LogP contribution in [0.2, 0.25) is 0 Å². The van der Waals surface area contributed by atoms with E-state index in [4.69, 9.17) is 5.73 Å². The predicted molar refractivity (Wildman–Crippen MR) is 72.2 cm³/mol. The lowest BCUT2D eigenvalue weighted by Crippen LogP contribution is -2.38. The fraction of sp³-hybridized carbons (Fsp3) is 0.571. The summed E-state index contributed by atoms with van der Waals surface area (Å²) in [5.74, 6) is 0.596. The van der Waals surface area contributed by atoms with Gasteiger partial charge in [0, 0.05) is 12.2 Å². The van der Waals surface area contributed by atoms with E-state index in [9.17, 15) is 4.79 Å². The highest BCUT2D eigenvalue weighted by atomic mass is 16.2. The number of nitrogens with zero attached hydrogens (tertiary/aromatic N) is 1. The molecule has 0 aliphatic heterocycles. The third-order valence-electron chi connectivity index (χ3n) is 3.66. The van der Waals surface area contributed by atoms with Crippen LogP contribution in [0.5, 0.6) is 0 Å². The van der Waals surface area contributed by atoms with Crippen molar-refractivity contribution in [3.05, 3.63) is 23.9 Å². The van der Waals surface area contributed by atoms with Crippen molar-refractivity contribution >= 4 is 11.7 Å². The molecule has 1 saturated carbocycles. The first-order valence-electron chi connectivity index (χ1n) is 6.66. The number of aromatic nitrogens is 1. The van der Waals surface area contributed by atoms with Crippen molar-refractivity contribution in [1.82, 2.24) is 4.98 Å². The van der Waals surface area contributed by atoms with Crippen LogP contribution >= 0.6 is 0 Å². The van der Waals surface area contributed by atoms with Gasteiger partial charge in [-0.2, -0.15) is 0 Å². The van der Waals surface area contributed by atoms with Gasteiger partial charge in [0.15, 0.2) is 0 Å². The normalized spacial score (nSPS) is 24.3. The van der Waals surface area contributed by atoms with Crippen LogP contribution in [0.4, 0.5) is 5.82 Å². The molecule has 98 valence electrons. The minimum absolute atomic E-state index is 0.0171. The van der Waals surface area contributed by atoms with E-state index in [0.717, 1.165) is 31.2 Å². The molecule has 1 amide bonds. The monoisotopic (exact) mass is 247 g/mol. The number of aryl methyl sites for hydroxylation is 1. The summed E-state index contributed by atoms with van der Waals surface area (Å²) >= 11 is 0. The van der Waals surface area contributed by atoms with Crippen LogP contribution < -0.4 is 11.1 Å². The highest BCUT2D eigenvalue weighted by Gasteiger charge is 2.27. The van der Waals surface area contributed by atoms with E-state index in [1.807, 2.05) is 19.1 Å². The van der Waals surface area contributed by atoms with Gasteiger partial charge in [0.2, 0.25) is 5.91 Å². The van der Waals surface area contributed by atoms with Crippen LogP contribution in [0.15, 0.2) is 18.3 Å². The second-order valence-corrected chi connectivity index (χ2v) is 5.07. The molecule has 1 aliphatic rings. The van der Waals surface area contributed by atoms with Crippen molar-refractivity contribution < 1.29 is 4.79 Å². The quantitative estimate of drug-likeness (QED) is 0.787. The van der Waals surface area contributed by atoms with Crippen molar-refractivity contribution in [2.45, 2.75) is 45.1 Å². The highest BCUT2D eigenvalue weighted by Crippen LogP contribution is 2.23.